The van der Waals surface area contributed by atoms with Crippen LogP contribution in [0.2, 0.25) is 5.02 Å². The van der Waals surface area contributed by atoms with E-state index in [1.54, 1.807) is 35.2 Å². The zero-order valence-electron chi connectivity index (χ0n) is 19.2. The minimum Gasteiger partial charge on any atom is -0.324 e. The first kappa shape index (κ1) is 24.4. The summed E-state index contributed by atoms with van der Waals surface area (Å²) in [6.07, 6.45) is 5.78. The molecule has 1 aliphatic carbocycles. The molecule has 0 aliphatic heterocycles. The van der Waals surface area contributed by atoms with Crippen molar-refractivity contribution >= 4 is 45.3 Å². The van der Waals surface area contributed by atoms with Gasteiger partial charge < -0.3 is 5.32 Å². The van der Waals surface area contributed by atoms with Crippen LogP contribution >= 0.6 is 11.6 Å². The normalized spacial score (nSPS) is 15.0. The van der Waals surface area contributed by atoms with E-state index in [0.29, 0.717) is 11.6 Å². The van der Waals surface area contributed by atoms with Gasteiger partial charge in [0.2, 0.25) is 5.95 Å². The molecule has 3 aromatic rings. The van der Waals surface area contributed by atoms with Crippen LogP contribution in [0, 0.1) is 6.92 Å². The van der Waals surface area contributed by atoms with Crippen molar-refractivity contribution < 1.29 is 4.21 Å². The number of aryl methyl sites for hydroxylation is 1. The molecule has 1 saturated carbocycles. The number of pyridine rings is 1. The highest BCUT2D eigenvalue weighted by atomic mass is 35.5. The van der Waals surface area contributed by atoms with Crippen LogP contribution in [0.25, 0.3) is 11.0 Å². The van der Waals surface area contributed by atoms with Crippen LogP contribution in [0.15, 0.2) is 40.2 Å². The van der Waals surface area contributed by atoms with E-state index in [1.807, 2.05) is 39.0 Å². The average Bonchev–Trinajstić information content (AvgIpc) is 3.31. The van der Waals surface area contributed by atoms with Crippen LogP contribution in [0.5, 0.6) is 0 Å². The summed E-state index contributed by atoms with van der Waals surface area (Å²) in [5.74, 6) is 0.403. The molecule has 2 heterocycles. The Labute approximate surface area is 196 Å². The van der Waals surface area contributed by atoms with Crippen LogP contribution in [-0.4, -0.2) is 37.1 Å². The van der Waals surface area contributed by atoms with Crippen molar-refractivity contribution in [2.45, 2.75) is 57.4 Å². The van der Waals surface area contributed by atoms with E-state index in [1.165, 1.54) is 0 Å². The molecule has 0 saturated heterocycles. The number of nitrogens with zero attached hydrogens (tertiary/aromatic N) is 4. The molecule has 32 heavy (non-hydrogen) atoms. The number of aromatic nitrogens is 3. The predicted molar refractivity (Wildman–Crippen MR) is 132 cm³/mol. The predicted octanol–water partition coefficient (Wildman–Crippen LogP) is 5.22. The Morgan fingerprint density at radius 2 is 1.88 bits per heavy atom. The molecule has 0 spiro atoms. The highest BCUT2D eigenvalue weighted by Gasteiger charge is 2.22. The first-order valence-corrected chi connectivity index (χ1v) is 12.4. The fourth-order valence-corrected chi connectivity index (χ4v) is 4.96. The monoisotopic (exact) mass is 475 g/mol. The minimum atomic E-state index is -1.20. The van der Waals surface area contributed by atoms with E-state index in [0.717, 1.165) is 47.2 Å². The van der Waals surface area contributed by atoms with Gasteiger partial charge >= 0.3 is 0 Å². The highest BCUT2D eigenvalue weighted by molar-refractivity contribution is 7.82. The van der Waals surface area contributed by atoms with Crippen molar-refractivity contribution in [2.24, 2.45) is 0 Å². The second-order valence-corrected chi connectivity index (χ2v) is 9.85. The molecule has 1 aromatic carbocycles. The molecule has 0 bridgehead atoms. The van der Waals surface area contributed by atoms with Gasteiger partial charge in [-0.3, -0.25) is 9.36 Å². The number of rotatable bonds is 5. The third kappa shape index (κ3) is 5.03. The third-order valence-electron chi connectivity index (χ3n) is 5.40. The molecule has 1 aliphatic rings. The largest absolute Gasteiger partial charge is 0.324 e. The second kappa shape index (κ2) is 10.6. The van der Waals surface area contributed by atoms with E-state index in [4.69, 9.17) is 11.6 Å². The van der Waals surface area contributed by atoms with Gasteiger partial charge in [-0.2, -0.15) is 4.98 Å². The summed E-state index contributed by atoms with van der Waals surface area (Å²) in [4.78, 5) is 22.6. The molecule has 2 aromatic heterocycles. The fraction of sp³-hybridized carbons (Fsp3) is 0.435. The summed E-state index contributed by atoms with van der Waals surface area (Å²) in [7, 11) is 2.34. The number of anilines is 2. The number of benzene rings is 1. The highest BCUT2D eigenvalue weighted by Crippen LogP contribution is 2.31. The molecule has 1 atom stereocenters. The molecule has 172 valence electrons. The molecule has 4 rings (SSSR count). The lowest BCUT2D eigenvalue weighted by Crippen LogP contribution is -2.25. The summed E-state index contributed by atoms with van der Waals surface area (Å²) < 4.78 is 15.7. The van der Waals surface area contributed by atoms with Gasteiger partial charge in [-0.15, -0.1) is 0 Å². The number of hydrogen-bond donors (Lipinski definition) is 1. The van der Waals surface area contributed by atoms with Gasteiger partial charge in [-0.05, 0) is 63.7 Å². The summed E-state index contributed by atoms with van der Waals surface area (Å²) >= 11 is 6.19. The second-order valence-electron chi connectivity index (χ2n) is 7.74. The molecule has 1 fully saturated rings. The Morgan fingerprint density at radius 3 is 2.50 bits per heavy atom. The maximum absolute atomic E-state index is 12.8. The molecule has 1 N–H and O–H groups in total. The standard InChI is InChI=1S/C21H24ClN5O2S.C2H6/c1-13-10-16(30(29)26(2)3)8-9-18(13)24-21-23-12-14-11-17(22)20(28)27(19(14)25-21)15-6-4-5-7-15;1-2/h8-12,15H,4-7H2,1-3H3,(H,23,24,25);1-2H3. The topological polar surface area (TPSA) is 80.1 Å². The molecular weight excluding hydrogens is 446 g/mol. The van der Waals surface area contributed by atoms with E-state index in [2.05, 4.69) is 15.3 Å². The van der Waals surface area contributed by atoms with Crippen molar-refractivity contribution in [3.05, 3.63) is 51.4 Å². The lowest BCUT2D eigenvalue weighted by atomic mass is 10.2. The van der Waals surface area contributed by atoms with Crippen molar-refractivity contribution in [3.8, 4) is 0 Å². The number of nitrogens with one attached hydrogen (secondary N) is 1. The Balaban J connectivity index is 0.00000141. The van der Waals surface area contributed by atoms with Crippen LogP contribution in [0.4, 0.5) is 11.6 Å². The SMILES string of the molecule is CC.Cc1cc(S(=O)N(C)C)ccc1Nc1ncc2cc(Cl)c(=O)n(C3CCCC3)c2n1. The van der Waals surface area contributed by atoms with Gasteiger partial charge in [-0.1, -0.05) is 38.3 Å². The number of halogens is 1. The van der Waals surface area contributed by atoms with Gasteiger partial charge in [0.05, 0.1) is 4.90 Å². The van der Waals surface area contributed by atoms with Crippen LogP contribution in [-0.2, 0) is 11.0 Å². The summed E-state index contributed by atoms with van der Waals surface area (Å²) in [5.41, 5.74) is 2.14. The molecule has 1 unspecified atom stereocenters. The van der Waals surface area contributed by atoms with E-state index in [-0.39, 0.29) is 16.6 Å². The Hall–Kier alpha value is -2.29. The maximum Gasteiger partial charge on any atom is 0.271 e. The van der Waals surface area contributed by atoms with E-state index < -0.39 is 11.0 Å². The maximum atomic E-state index is 12.8. The number of fused-ring (bicyclic) bond motifs is 1. The lowest BCUT2D eigenvalue weighted by Gasteiger charge is -2.17. The van der Waals surface area contributed by atoms with Crippen molar-refractivity contribution in [3.63, 3.8) is 0 Å². The van der Waals surface area contributed by atoms with Crippen LogP contribution in [0.3, 0.4) is 0 Å². The average molecular weight is 476 g/mol. The number of hydrogen-bond acceptors (Lipinski definition) is 5. The molecule has 0 radical (unpaired) electrons. The van der Waals surface area contributed by atoms with E-state index >= 15 is 0 Å². The van der Waals surface area contributed by atoms with Crippen LogP contribution in [0.1, 0.15) is 51.1 Å². The van der Waals surface area contributed by atoms with Crippen molar-refractivity contribution in [1.82, 2.24) is 18.8 Å². The minimum absolute atomic E-state index is 0.114. The fourth-order valence-electron chi connectivity index (χ4n) is 3.86. The van der Waals surface area contributed by atoms with Crippen LogP contribution < -0.4 is 10.9 Å². The molecule has 0 amide bonds. The Bertz CT molecular complexity index is 1190. The lowest BCUT2D eigenvalue weighted by molar-refractivity contribution is 0.516. The summed E-state index contributed by atoms with van der Waals surface area (Å²) in [6.45, 7) is 5.94. The Morgan fingerprint density at radius 1 is 1.19 bits per heavy atom. The smallest absolute Gasteiger partial charge is 0.271 e. The zero-order valence-corrected chi connectivity index (χ0v) is 20.8. The summed E-state index contributed by atoms with van der Waals surface area (Å²) in [5, 5.41) is 4.16. The van der Waals surface area contributed by atoms with Gasteiger partial charge in [0.1, 0.15) is 21.7 Å². The van der Waals surface area contributed by atoms with Crippen molar-refractivity contribution in [1.29, 1.82) is 0 Å². The molecule has 7 nitrogen and oxygen atoms in total. The third-order valence-corrected chi connectivity index (χ3v) is 6.99. The first-order chi connectivity index (χ1) is 15.3. The quantitative estimate of drug-likeness (QED) is 0.547. The van der Waals surface area contributed by atoms with Gasteiger partial charge in [0.15, 0.2) is 0 Å². The molecule has 9 heteroatoms. The van der Waals surface area contributed by atoms with Gasteiger partial charge in [0, 0.05) is 23.3 Å². The zero-order chi connectivity index (χ0) is 23.4. The van der Waals surface area contributed by atoms with Gasteiger partial charge in [0.25, 0.3) is 5.56 Å². The first-order valence-electron chi connectivity index (χ1n) is 10.9. The Kier molecular flexibility index (Phi) is 8.03. The summed E-state index contributed by atoms with van der Waals surface area (Å²) in [6, 6.07) is 7.31. The van der Waals surface area contributed by atoms with E-state index in [9.17, 15) is 9.00 Å². The molecular formula is C23H30ClN5O2S. The van der Waals surface area contributed by atoms with Crippen molar-refractivity contribution in [2.75, 3.05) is 19.4 Å². The van der Waals surface area contributed by atoms with Gasteiger partial charge in [-0.25, -0.2) is 13.5 Å².